The molecule has 114 heavy (non-hydrogen) atoms. The number of aliphatic hydroxyl groups is 1. The molecular weight excluding hydrogens is 1580 g/mol. The molecule has 4 aromatic heterocycles. The van der Waals surface area contributed by atoms with Crippen LogP contribution in [0.4, 0.5) is 0 Å². The summed E-state index contributed by atoms with van der Waals surface area (Å²) in [5, 5.41) is 50.9. The van der Waals surface area contributed by atoms with Crippen LogP contribution in [0.15, 0.2) is 183 Å². The number of esters is 2. The largest absolute Gasteiger partial charge is 0.492 e. The van der Waals surface area contributed by atoms with Crippen LogP contribution >= 0.6 is 58.0 Å². The molecule has 0 radical (unpaired) electrons. The van der Waals surface area contributed by atoms with Crippen LogP contribution in [-0.4, -0.2) is 179 Å². The molecule has 6 aromatic carbocycles. The van der Waals surface area contributed by atoms with Gasteiger partial charge in [-0.3, -0.25) is 24.0 Å². The van der Waals surface area contributed by atoms with Gasteiger partial charge in [0.15, 0.2) is 34.8 Å². The fourth-order valence-electron chi connectivity index (χ4n) is 10.6. The van der Waals surface area contributed by atoms with Gasteiger partial charge in [-0.1, -0.05) is 77.6 Å². The topological polar surface area (TPSA) is 449 Å². The molecule has 0 unspecified atom stereocenters. The van der Waals surface area contributed by atoms with E-state index >= 15 is 0 Å². The molecule has 1 aliphatic rings. The number of nitrogens with zero attached hydrogens (tertiary/aromatic N) is 10. The summed E-state index contributed by atoms with van der Waals surface area (Å²) in [5.74, 6) is -4.67. The second-order valence-corrected chi connectivity index (χ2v) is 26.6. The summed E-state index contributed by atoms with van der Waals surface area (Å²) < 4.78 is 21.1. The number of benzene rings is 6. The molecular formula is C79H75BCl5N13O16. The summed E-state index contributed by atoms with van der Waals surface area (Å²) in [4.78, 5) is 135. The number of carboxylic acids is 1. The summed E-state index contributed by atoms with van der Waals surface area (Å²) in [7, 11) is 2.60. The summed E-state index contributed by atoms with van der Waals surface area (Å²) in [5.41, 5.74) is 17.2. The van der Waals surface area contributed by atoms with Crippen molar-refractivity contribution in [2.45, 2.75) is 51.1 Å². The average Bonchev–Trinajstić information content (AvgIpc) is 0.777. The Kier molecular flexibility index (Phi) is 35.5. The number of ketones is 3. The van der Waals surface area contributed by atoms with Gasteiger partial charge in [-0.2, -0.15) is 5.26 Å². The molecule has 1 aliphatic heterocycles. The number of halogens is 5. The smallest absolute Gasteiger partial charge is 0.488 e. The van der Waals surface area contributed by atoms with E-state index in [-0.39, 0.29) is 79.7 Å². The summed E-state index contributed by atoms with van der Waals surface area (Å²) in [6, 6.07) is 37.2. The number of aromatic nitrogens is 8. The Labute approximate surface area is 679 Å². The first-order valence-electron chi connectivity index (χ1n) is 34.5. The Morgan fingerprint density at radius 2 is 1.02 bits per heavy atom. The lowest BCUT2D eigenvalue weighted by molar-refractivity contribution is -0.143. The molecule has 0 saturated carbocycles. The second-order valence-electron chi connectivity index (χ2n) is 24.5. The van der Waals surface area contributed by atoms with Crippen molar-refractivity contribution in [2.75, 3.05) is 54.2 Å². The van der Waals surface area contributed by atoms with Crippen LogP contribution in [0.2, 0.25) is 25.4 Å². The van der Waals surface area contributed by atoms with Crippen molar-refractivity contribution in [3.8, 4) is 62.9 Å². The number of aliphatic hydroxyl groups excluding tert-OH is 1. The summed E-state index contributed by atoms with van der Waals surface area (Å²) in [6.45, 7) is 1.53. The SMILES string of the molecule is COC(=O)c1cnc(-c2ccc(Cl)cc2)nc1.COC(=O)c1cnc(Cl)nc1.C[C@@H]1CC(=O)[C@@H](N(C)C(=O)[C@H](CO)CC(=O)c2cnc(-c3ccc(Cl)cc3)nc2)c2ccc(OCCN)c(c2)-c2cc(ccc2OCCN)C[C@@H](C(=O)CCC#N)NC1=O.O=C(O)c1cnc(-c2ccc(Cl)cc2)nc1.OB(O)c1ccc(Cl)cc1. The lowest BCUT2D eigenvalue weighted by Gasteiger charge is -2.32. The molecule has 9 N–H and O–H groups in total. The van der Waals surface area contributed by atoms with Gasteiger partial charge in [-0.05, 0) is 144 Å². The van der Waals surface area contributed by atoms with Crippen molar-refractivity contribution in [2.24, 2.45) is 23.3 Å². The number of likely N-dealkylation sites (N-methyl/N-ethyl adjacent to an activating group) is 1. The van der Waals surface area contributed by atoms with Gasteiger partial charge in [-0.15, -0.1) is 0 Å². The maximum atomic E-state index is 14.5. The van der Waals surface area contributed by atoms with Crippen LogP contribution in [0.5, 0.6) is 11.5 Å². The fraction of sp³-hybridized carbons (Fsp3) is 0.228. The van der Waals surface area contributed by atoms with E-state index in [1.807, 2.05) is 18.2 Å². The maximum Gasteiger partial charge on any atom is 0.488 e. The molecule has 5 heterocycles. The Bertz CT molecular complexity index is 4950. The molecule has 11 rings (SSSR count). The number of carbonyl (C=O) groups excluding carboxylic acids is 7. The van der Waals surface area contributed by atoms with Gasteiger partial charge in [0.05, 0.1) is 61.1 Å². The zero-order valence-corrected chi connectivity index (χ0v) is 65.3. The van der Waals surface area contributed by atoms with Gasteiger partial charge in [0.25, 0.3) is 0 Å². The minimum Gasteiger partial charge on any atom is -0.492 e. The number of aromatic carboxylic acids is 1. The van der Waals surface area contributed by atoms with E-state index in [9.17, 15) is 48.7 Å². The highest BCUT2D eigenvalue weighted by Gasteiger charge is 2.37. The number of hydrogen-bond donors (Lipinski definition) is 7. The highest BCUT2D eigenvalue weighted by molar-refractivity contribution is 6.58. The van der Waals surface area contributed by atoms with Crippen LogP contribution in [-0.2, 0) is 35.1 Å². The third kappa shape index (κ3) is 26.8. The molecule has 4 atom stereocenters. The van der Waals surface area contributed by atoms with Crippen molar-refractivity contribution in [3.05, 3.63) is 242 Å². The first-order valence-corrected chi connectivity index (χ1v) is 36.4. The number of fused-ring (bicyclic) bond motifs is 5. The second kappa shape index (κ2) is 45.2. The van der Waals surface area contributed by atoms with E-state index in [0.717, 1.165) is 11.1 Å². The zero-order valence-electron chi connectivity index (χ0n) is 61.5. The van der Waals surface area contributed by atoms with Crippen molar-refractivity contribution >= 4 is 118 Å². The Morgan fingerprint density at radius 3 is 1.44 bits per heavy atom. The van der Waals surface area contributed by atoms with E-state index in [2.05, 4.69) is 54.7 Å². The van der Waals surface area contributed by atoms with Gasteiger partial charge < -0.3 is 60.9 Å². The highest BCUT2D eigenvalue weighted by atomic mass is 35.5. The molecule has 0 spiro atoms. The van der Waals surface area contributed by atoms with Crippen LogP contribution in [0.3, 0.4) is 0 Å². The lowest BCUT2D eigenvalue weighted by atomic mass is 9.81. The first-order chi connectivity index (χ1) is 54.7. The van der Waals surface area contributed by atoms with Crippen LogP contribution in [0.25, 0.3) is 45.3 Å². The predicted octanol–water partition coefficient (Wildman–Crippen LogP) is 10.0. The van der Waals surface area contributed by atoms with Crippen LogP contribution < -0.4 is 31.7 Å². The number of nitriles is 1. The monoisotopic (exact) mass is 1650 g/mol. The number of nitrogens with one attached hydrogen (secondary N) is 1. The van der Waals surface area contributed by atoms with E-state index < -0.39 is 85.4 Å². The van der Waals surface area contributed by atoms with E-state index in [1.54, 1.807) is 128 Å². The standard InChI is InChI=1S/C44H48ClN7O8.C12H9ClN2O2.C11H7ClN2O2.C6H6BClO2.C6H5ClN2O2/c1-26-18-38(56)41(52(2)44(58)30(25-53)22-37(55)31-23-49-42(50-24-31)28-6-9-32(45)10-7-28)29-8-12-40(60-17-15-48)34(21-29)33-19-27(5-11-39(33)59-16-14-47)20-35(51-43(26)57)36(54)4-3-13-46;1-17-12(16)9-6-14-11(15-7-9)8-2-4-10(13)5-3-8;12-9-3-1-7(2-4-9)10-13-5-8(6-14-10)11(15)16;8-6-3-1-5(2-4-6)7(9)10;1-11-5(10)4-2-8-6(7)9-3-4/h5-12,19,21,23-24,26,30,35,41,53H,3-4,14-18,20,22,25,47-48H2,1-2H3,(H,51,57);2-7H,1H3;1-6H,(H,15,16);1-4,9-10H;2-3H,1H3/t26-,30+,35+,41+;;;;/m1..../s1. The van der Waals surface area contributed by atoms with Gasteiger partial charge in [-0.25, -0.2) is 54.3 Å². The summed E-state index contributed by atoms with van der Waals surface area (Å²) in [6.07, 6.45) is 9.90. The fourth-order valence-corrected chi connectivity index (χ4v) is 11.2. The number of ether oxygens (including phenoxy) is 4. The van der Waals surface area contributed by atoms with Gasteiger partial charge in [0.2, 0.25) is 17.1 Å². The van der Waals surface area contributed by atoms with Crippen LogP contribution in [0.1, 0.15) is 91.2 Å². The number of methoxy groups -OCH3 is 2. The lowest BCUT2D eigenvalue weighted by Crippen LogP contribution is -2.46. The molecule has 10 aromatic rings. The molecule has 590 valence electrons. The van der Waals surface area contributed by atoms with Crippen molar-refractivity contribution in [3.63, 3.8) is 0 Å². The van der Waals surface area contributed by atoms with Crippen molar-refractivity contribution in [1.82, 2.24) is 50.1 Å². The molecule has 4 bridgehead atoms. The number of nitrogens with two attached hydrogens (primary N) is 2. The highest BCUT2D eigenvalue weighted by Crippen LogP contribution is 2.41. The number of hydrogen-bond acceptors (Lipinski definition) is 26. The minimum absolute atomic E-state index is 0.0438. The Hall–Kier alpha value is -11.6. The third-order valence-corrected chi connectivity index (χ3v) is 17.7. The number of amides is 2. The number of rotatable bonds is 22. The van der Waals surface area contributed by atoms with E-state index in [4.69, 9.17) is 94.1 Å². The van der Waals surface area contributed by atoms with Gasteiger partial charge in [0.1, 0.15) is 30.8 Å². The quantitative estimate of drug-likeness (QED) is 0.0143. The average molecular weight is 1650 g/mol. The minimum atomic E-state index is -1.41. The number of carbonyl (C=O) groups is 8. The van der Waals surface area contributed by atoms with Gasteiger partial charge >= 0.3 is 25.0 Å². The van der Waals surface area contributed by atoms with Gasteiger partial charge in [0, 0.05) is 149 Å². The van der Waals surface area contributed by atoms with E-state index in [0.29, 0.717) is 87.9 Å². The van der Waals surface area contributed by atoms with E-state index in [1.165, 1.54) is 75.7 Å². The third-order valence-electron chi connectivity index (χ3n) is 16.5. The van der Waals surface area contributed by atoms with Crippen molar-refractivity contribution in [1.29, 1.82) is 5.26 Å². The first kappa shape index (κ1) is 89.6. The maximum absolute atomic E-state index is 14.5. The van der Waals surface area contributed by atoms with Crippen molar-refractivity contribution < 1.29 is 77.6 Å². The van der Waals surface area contributed by atoms with Crippen LogP contribution in [0, 0.1) is 23.2 Å². The normalized spacial score (nSPS) is 13.6. The molecule has 35 heteroatoms. The molecule has 29 nitrogen and oxygen atoms in total. The predicted molar refractivity (Wildman–Crippen MR) is 426 cm³/mol. The molecule has 0 aliphatic carbocycles. The Balaban J connectivity index is 0.000000262. The summed E-state index contributed by atoms with van der Waals surface area (Å²) >= 11 is 28.5. The number of carboxylic acid groups (broad SMARTS) is 1. The Morgan fingerprint density at radius 1 is 0.596 bits per heavy atom. The number of Topliss-reactive ketones (excluding diaryl/α,β-unsaturated/α-hetero) is 3. The molecule has 2 amide bonds. The molecule has 0 saturated heterocycles. The zero-order chi connectivity index (χ0) is 83.0. The molecule has 0 fully saturated rings.